The minimum Gasteiger partial charge on any atom is -0.466 e. The van der Waals surface area contributed by atoms with Crippen LogP contribution in [-0.2, 0) is 14.3 Å². The Morgan fingerprint density at radius 1 is 1.08 bits per heavy atom. The lowest BCUT2D eigenvalue weighted by molar-refractivity contribution is -0.145. The smallest absolute Gasteiger partial charge is 0.409 e. The highest BCUT2D eigenvalue weighted by atomic mass is 16.6. The number of rotatable bonds is 4. The number of ether oxygens (including phenoxy) is 2. The van der Waals surface area contributed by atoms with E-state index >= 15 is 0 Å². The van der Waals surface area contributed by atoms with Gasteiger partial charge in [-0.25, -0.2) is 4.79 Å². The fraction of sp³-hybridized carbons (Fsp3) is 0.889. The van der Waals surface area contributed by atoms with Crippen LogP contribution in [-0.4, -0.2) is 67.3 Å². The first-order valence-electron chi connectivity index (χ1n) is 9.39. The molecule has 6 nitrogen and oxygen atoms in total. The van der Waals surface area contributed by atoms with E-state index in [1.807, 2.05) is 18.7 Å². The summed E-state index contributed by atoms with van der Waals surface area (Å²) in [5, 5.41) is 0. The number of esters is 1. The van der Waals surface area contributed by atoms with Crippen LogP contribution < -0.4 is 0 Å². The molecule has 0 bridgehead atoms. The van der Waals surface area contributed by atoms with Gasteiger partial charge in [0, 0.05) is 37.6 Å². The largest absolute Gasteiger partial charge is 0.466 e. The molecule has 4 aliphatic rings. The summed E-state index contributed by atoms with van der Waals surface area (Å²) in [6.45, 7) is 8.47. The summed E-state index contributed by atoms with van der Waals surface area (Å²) in [6, 6.07) is 0.630. The van der Waals surface area contributed by atoms with Crippen molar-refractivity contribution in [2.45, 2.75) is 39.2 Å². The van der Waals surface area contributed by atoms with Crippen LogP contribution in [0.4, 0.5) is 4.79 Å². The average molecular weight is 336 g/mol. The Kier molecular flexibility index (Phi) is 3.98. The first kappa shape index (κ1) is 16.2. The Balaban J connectivity index is 1.24. The van der Waals surface area contributed by atoms with Crippen molar-refractivity contribution in [3.05, 3.63) is 0 Å². The van der Waals surface area contributed by atoms with E-state index in [1.54, 1.807) is 0 Å². The lowest BCUT2D eigenvalue weighted by Gasteiger charge is -2.47. The highest BCUT2D eigenvalue weighted by molar-refractivity contribution is 5.77. The molecule has 0 aromatic rings. The maximum absolute atomic E-state index is 11.9. The van der Waals surface area contributed by atoms with Crippen molar-refractivity contribution in [3.8, 4) is 0 Å². The van der Waals surface area contributed by atoms with E-state index < -0.39 is 0 Å². The predicted octanol–water partition coefficient (Wildman–Crippen LogP) is 1.74. The Labute approximate surface area is 143 Å². The minimum absolute atomic E-state index is 0.0131. The highest BCUT2D eigenvalue weighted by Crippen LogP contribution is 2.55. The molecule has 1 unspecified atom stereocenters. The van der Waals surface area contributed by atoms with Crippen molar-refractivity contribution < 1.29 is 19.1 Å². The third kappa shape index (κ3) is 2.59. The fourth-order valence-corrected chi connectivity index (χ4v) is 5.33. The van der Waals surface area contributed by atoms with E-state index in [-0.39, 0.29) is 18.0 Å². The summed E-state index contributed by atoms with van der Waals surface area (Å²) in [4.78, 5) is 28.1. The number of likely N-dealkylation sites (tertiary alicyclic amines) is 2. The summed E-state index contributed by atoms with van der Waals surface area (Å²) in [6.07, 6.45) is 3.46. The Hall–Kier alpha value is -1.30. The molecular weight excluding hydrogens is 308 g/mol. The fourth-order valence-electron chi connectivity index (χ4n) is 5.33. The van der Waals surface area contributed by atoms with Crippen LogP contribution in [0.25, 0.3) is 0 Å². The third-order valence-electron chi connectivity index (χ3n) is 6.55. The van der Waals surface area contributed by atoms with Gasteiger partial charge in [0.05, 0.1) is 19.1 Å². The molecule has 2 saturated carbocycles. The summed E-state index contributed by atoms with van der Waals surface area (Å²) < 4.78 is 10.3. The van der Waals surface area contributed by atoms with E-state index in [2.05, 4.69) is 4.90 Å². The maximum atomic E-state index is 11.9. The molecule has 2 heterocycles. The summed E-state index contributed by atoms with van der Waals surface area (Å²) >= 11 is 0. The molecule has 1 amide bonds. The van der Waals surface area contributed by atoms with Crippen LogP contribution in [0.5, 0.6) is 0 Å². The van der Waals surface area contributed by atoms with Gasteiger partial charge in [-0.2, -0.15) is 0 Å². The van der Waals surface area contributed by atoms with E-state index in [9.17, 15) is 9.59 Å². The number of nitrogens with zero attached hydrogens (tertiary/aromatic N) is 2. The van der Waals surface area contributed by atoms with Crippen LogP contribution >= 0.6 is 0 Å². The molecule has 6 heteroatoms. The number of hydrogen-bond acceptors (Lipinski definition) is 5. The molecule has 0 aromatic heterocycles. The number of carbonyl (C=O) groups excluding carboxylic acids is 2. The van der Waals surface area contributed by atoms with Crippen molar-refractivity contribution in [1.29, 1.82) is 0 Å². The van der Waals surface area contributed by atoms with Gasteiger partial charge in [0.2, 0.25) is 0 Å². The van der Waals surface area contributed by atoms with Gasteiger partial charge in [0.15, 0.2) is 0 Å². The zero-order chi connectivity index (χ0) is 16.9. The molecule has 134 valence electrons. The summed E-state index contributed by atoms with van der Waals surface area (Å²) in [5.41, 5.74) is 0.324. The molecule has 2 saturated heterocycles. The van der Waals surface area contributed by atoms with Gasteiger partial charge in [0.25, 0.3) is 0 Å². The number of hydrogen-bond donors (Lipinski definition) is 0. The van der Waals surface area contributed by atoms with Crippen molar-refractivity contribution in [2.75, 3.05) is 39.4 Å². The predicted molar refractivity (Wildman–Crippen MR) is 87.3 cm³/mol. The standard InChI is InChI=1S/C18H28N2O4/c1-3-23-16(21)15-13-8-19(9-14(13)15)12-5-6-18(7-12)10-20(11-18)17(22)24-4-2/h12-15H,3-11H2,1-2H3/t12?,13-,14+,15-. The molecule has 0 N–H and O–H groups in total. The van der Waals surface area contributed by atoms with Gasteiger partial charge >= 0.3 is 12.1 Å². The topological polar surface area (TPSA) is 59.1 Å². The van der Waals surface area contributed by atoms with Crippen LogP contribution in [0.2, 0.25) is 0 Å². The third-order valence-corrected chi connectivity index (χ3v) is 6.55. The molecule has 4 rings (SSSR count). The minimum atomic E-state index is -0.161. The normalized spacial score (nSPS) is 36.3. The second kappa shape index (κ2) is 5.90. The number of piperidine rings is 1. The van der Waals surface area contributed by atoms with Crippen molar-refractivity contribution >= 4 is 12.1 Å². The monoisotopic (exact) mass is 336 g/mol. The van der Waals surface area contributed by atoms with Crippen LogP contribution in [0.3, 0.4) is 0 Å². The summed E-state index contributed by atoms with van der Waals surface area (Å²) in [7, 11) is 0. The molecule has 4 atom stereocenters. The lowest BCUT2D eigenvalue weighted by atomic mass is 9.78. The second-order valence-electron chi connectivity index (χ2n) is 8.01. The van der Waals surface area contributed by atoms with Gasteiger partial charge in [-0.1, -0.05) is 0 Å². The van der Waals surface area contributed by atoms with Crippen LogP contribution in [0, 0.1) is 23.2 Å². The van der Waals surface area contributed by atoms with Crippen LogP contribution in [0.15, 0.2) is 0 Å². The Morgan fingerprint density at radius 2 is 1.75 bits per heavy atom. The van der Waals surface area contributed by atoms with E-state index in [4.69, 9.17) is 9.47 Å². The maximum Gasteiger partial charge on any atom is 0.409 e. The van der Waals surface area contributed by atoms with E-state index in [0.717, 1.165) is 26.2 Å². The van der Waals surface area contributed by atoms with Crippen LogP contribution in [0.1, 0.15) is 33.1 Å². The van der Waals surface area contributed by atoms with Crippen molar-refractivity contribution in [1.82, 2.24) is 9.80 Å². The molecule has 0 radical (unpaired) electrons. The SMILES string of the molecule is CCOC(=O)[C@@H]1[C@@H]2CN(C3CCC4(C3)CN(C(=O)OCC)C4)C[C@@H]21. The van der Waals surface area contributed by atoms with Gasteiger partial charge in [-0.15, -0.1) is 0 Å². The van der Waals surface area contributed by atoms with E-state index in [0.29, 0.717) is 36.5 Å². The molecule has 2 aliphatic heterocycles. The molecular formula is C18H28N2O4. The molecule has 0 aromatic carbocycles. The first-order valence-corrected chi connectivity index (χ1v) is 9.39. The Bertz CT molecular complexity index is 519. The second-order valence-corrected chi connectivity index (χ2v) is 8.01. The van der Waals surface area contributed by atoms with Gasteiger partial charge in [-0.3, -0.25) is 9.69 Å². The Morgan fingerprint density at radius 3 is 2.38 bits per heavy atom. The van der Waals surface area contributed by atoms with Gasteiger partial charge in [0.1, 0.15) is 0 Å². The molecule has 1 spiro atoms. The lowest BCUT2D eigenvalue weighted by Crippen LogP contribution is -2.57. The number of amides is 1. The van der Waals surface area contributed by atoms with Crippen molar-refractivity contribution in [2.24, 2.45) is 23.2 Å². The number of carbonyl (C=O) groups is 2. The molecule has 4 fully saturated rings. The van der Waals surface area contributed by atoms with Gasteiger partial charge in [-0.05, 0) is 44.9 Å². The van der Waals surface area contributed by atoms with E-state index in [1.165, 1.54) is 19.3 Å². The highest BCUT2D eigenvalue weighted by Gasteiger charge is 2.62. The first-order chi connectivity index (χ1) is 11.6. The summed E-state index contributed by atoms with van der Waals surface area (Å²) in [5.74, 6) is 1.23. The average Bonchev–Trinajstić information content (AvgIpc) is 2.91. The zero-order valence-corrected chi connectivity index (χ0v) is 14.7. The zero-order valence-electron chi connectivity index (χ0n) is 14.7. The quantitative estimate of drug-likeness (QED) is 0.732. The number of fused-ring (bicyclic) bond motifs is 1. The molecule has 24 heavy (non-hydrogen) atoms. The molecule has 2 aliphatic carbocycles. The van der Waals surface area contributed by atoms with Crippen molar-refractivity contribution in [3.63, 3.8) is 0 Å². The van der Waals surface area contributed by atoms with Gasteiger partial charge < -0.3 is 14.4 Å².